The molecule has 0 spiro atoms. The van der Waals surface area contributed by atoms with Gasteiger partial charge in [-0.15, -0.1) is 0 Å². The lowest BCUT2D eigenvalue weighted by Gasteiger charge is -2.26. The molecule has 0 saturated carbocycles. The zero-order valence-electron chi connectivity index (χ0n) is 7.71. The molecule has 0 rings (SSSR count). The Balaban J connectivity index is 3.75. The molecule has 0 aliphatic rings. The molecule has 0 fully saturated rings. The Kier molecular flexibility index (Phi) is 2.43. The number of hydrogen-bond donors (Lipinski definition) is 0. The summed E-state index contributed by atoms with van der Waals surface area (Å²) in [6.45, 7) is 11.4. The van der Waals surface area contributed by atoms with Crippen LogP contribution in [-0.4, -0.2) is 15.1 Å². The third-order valence-corrected chi connectivity index (χ3v) is 1.06. The van der Waals surface area contributed by atoms with E-state index in [4.69, 9.17) is 0 Å². The van der Waals surface area contributed by atoms with Gasteiger partial charge in [-0.05, 0) is 0 Å². The molecule has 0 aliphatic carbocycles. The lowest BCUT2D eigenvalue weighted by molar-refractivity contribution is 0.724. The minimum Gasteiger partial charge on any atom is -0.0861 e. The molecule has 0 aromatic rings. The standard InChI is InChI=1S/C7H18B2/c1-6(2,3)9-7(4,5)8/h9H,8H2,1-5H3. The average Bonchev–Trinajstić information content (AvgIpc) is 1.14. The molecule has 0 unspecified atom stereocenters. The van der Waals surface area contributed by atoms with E-state index in [2.05, 4.69) is 42.5 Å². The fraction of sp³-hybridized carbons (Fsp3) is 1.00. The quantitative estimate of drug-likeness (QED) is 0.463. The zero-order chi connectivity index (χ0) is 7.71. The lowest BCUT2D eigenvalue weighted by atomic mass is 9.35. The third-order valence-electron chi connectivity index (χ3n) is 1.06. The van der Waals surface area contributed by atoms with Gasteiger partial charge in [-0.25, -0.2) is 0 Å². The fourth-order valence-corrected chi connectivity index (χ4v) is 1.59. The normalized spacial score (nSPS) is 13.4. The molecule has 0 N–H and O–H groups in total. The Morgan fingerprint density at radius 3 is 1.33 bits per heavy atom. The minimum absolute atomic E-state index is 0.484. The van der Waals surface area contributed by atoms with Crippen LogP contribution in [0.5, 0.6) is 0 Å². The van der Waals surface area contributed by atoms with Crippen LogP contribution in [0.1, 0.15) is 34.6 Å². The fourth-order valence-electron chi connectivity index (χ4n) is 1.59. The molecule has 0 radical (unpaired) electrons. The van der Waals surface area contributed by atoms with E-state index in [-0.39, 0.29) is 0 Å². The highest BCUT2D eigenvalue weighted by atomic mass is 14.0. The van der Waals surface area contributed by atoms with Gasteiger partial charge in [0.2, 0.25) is 0 Å². The summed E-state index contributed by atoms with van der Waals surface area (Å²) in [7, 11) is 3.58. The van der Waals surface area contributed by atoms with Crippen LogP contribution in [0.15, 0.2) is 0 Å². The molecule has 0 heterocycles. The molecule has 52 valence electrons. The van der Waals surface area contributed by atoms with Gasteiger partial charge in [-0.3, -0.25) is 0 Å². The molecule has 0 atom stereocenters. The van der Waals surface area contributed by atoms with Gasteiger partial charge in [-0.1, -0.05) is 45.1 Å². The van der Waals surface area contributed by atoms with Crippen LogP contribution in [0, 0.1) is 0 Å². The second-order valence-electron chi connectivity index (χ2n) is 5.30. The summed E-state index contributed by atoms with van der Waals surface area (Å²) in [5.74, 6) is 0. The first kappa shape index (κ1) is 9.13. The molecule has 0 bridgehead atoms. The maximum atomic E-state index is 2.29. The van der Waals surface area contributed by atoms with Crippen molar-refractivity contribution in [1.82, 2.24) is 0 Å². The second kappa shape index (κ2) is 2.40. The summed E-state index contributed by atoms with van der Waals surface area (Å²) in [6, 6.07) is 0. The van der Waals surface area contributed by atoms with Gasteiger partial charge < -0.3 is 0 Å². The van der Waals surface area contributed by atoms with Gasteiger partial charge in [0.25, 0.3) is 0 Å². The Hall–Kier alpha value is 0.130. The maximum Gasteiger partial charge on any atom is 0.124 e. The average molecular weight is 124 g/mol. The molecule has 0 saturated heterocycles. The van der Waals surface area contributed by atoms with Crippen molar-refractivity contribution in [2.75, 3.05) is 0 Å². The van der Waals surface area contributed by atoms with Crippen molar-refractivity contribution in [2.45, 2.75) is 45.1 Å². The van der Waals surface area contributed by atoms with Crippen LogP contribution in [0.2, 0.25) is 10.5 Å². The van der Waals surface area contributed by atoms with Crippen LogP contribution in [0.25, 0.3) is 0 Å². The van der Waals surface area contributed by atoms with Crippen LogP contribution in [0.3, 0.4) is 0 Å². The smallest absolute Gasteiger partial charge is 0.0861 e. The first-order valence-electron chi connectivity index (χ1n) is 3.71. The monoisotopic (exact) mass is 124 g/mol. The predicted octanol–water partition coefficient (Wildman–Crippen LogP) is 1.43. The molecule has 0 nitrogen and oxygen atoms in total. The van der Waals surface area contributed by atoms with Gasteiger partial charge in [-0.2, -0.15) is 0 Å². The minimum atomic E-state index is 0.484. The van der Waals surface area contributed by atoms with E-state index in [1.54, 1.807) is 0 Å². The van der Waals surface area contributed by atoms with Gasteiger partial charge >= 0.3 is 0 Å². The highest BCUT2D eigenvalue weighted by Gasteiger charge is 2.22. The molecular formula is C7H18B2. The van der Waals surface area contributed by atoms with Crippen LogP contribution in [-0.2, 0) is 0 Å². The molecule has 9 heavy (non-hydrogen) atoms. The second-order valence-corrected chi connectivity index (χ2v) is 5.30. The highest BCUT2D eigenvalue weighted by Crippen LogP contribution is 2.31. The lowest BCUT2D eigenvalue weighted by Crippen LogP contribution is -2.21. The van der Waals surface area contributed by atoms with Gasteiger partial charge in [0.1, 0.15) is 7.28 Å². The number of rotatable bonds is 1. The predicted molar refractivity (Wildman–Crippen MR) is 49.4 cm³/mol. The number of hydrogen-bond acceptors (Lipinski definition) is 0. The van der Waals surface area contributed by atoms with Crippen molar-refractivity contribution in [3.63, 3.8) is 0 Å². The SMILES string of the molecule is BC(C)(C)BC(C)(C)C. The van der Waals surface area contributed by atoms with E-state index >= 15 is 0 Å². The van der Waals surface area contributed by atoms with E-state index < -0.39 is 0 Å². The van der Waals surface area contributed by atoms with Gasteiger partial charge in [0, 0.05) is 0 Å². The first-order valence-corrected chi connectivity index (χ1v) is 3.71. The van der Waals surface area contributed by atoms with Crippen molar-refractivity contribution < 1.29 is 0 Å². The Bertz CT molecular complexity index is 72.1. The van der Waals surface area contributed by atoms with E-state index in [0.29, 0.717) is 10.5 Å². The summed E-state index contributed by atoms with van der Waals surface area (Å²) in [6.07, 6.45) is 0. The Labute approximate surface area is 61.1 Å². The third kappa shape index (κ3) is 8.13. The summed E-state index contributed by atoms with van der Waals surface area (Å²) >= 11 is 0. The highest BCUT2D eigenvalue weighted by molar-refractivity contribution is 6.55. The van der Waals surface area contributed by atoms with Crippen LogP contribution < -0.4 is 0 Å². The van der Waals surface area contributed by atoms with Crippen molar-refractivity contribution in [2.24, 2.45) is 0 Å². The topological polar surface area (TPSA) is 0 Å². The van der Waals surface area contributed by atoms with Crippen LogP contribution in [0.4, 0.5) is 0 Å². The first-order chi connectivity index (χ1) is 3.71. The molecule has 0 aliphatic heterocycles. The summed E-state index contributed by atoms with van der Waals surface area (Å²) in [5, 5.41) is 0.969. The van der Waals surface area contributed by atoms with Gasteiger partial charge in [0.05, 0.1) is 7.85 Å². The summed E-state index contributed by atoms with van der Waals surface area (Å²) < 4.78 is 0. The molecular weight excluding hydrogens is 106 g/mol. The van der Waals surface area contributed by atoms with Crippen molar-refractivity contribution in [3.05, 3.63) is 0 Å². The van der Waals surface area contributed by atoms with Crippen LogP contribution >= 0.6 is 0 Å². The largest absolute Gasteiger partial charge is 0.124 e. The van der Waals surface area contributed by atoms with Crippen molar-refractivity contribution >= 4 is 15.1 Å². The van der Waals surface area contributed by atoms with Crippen molar-refractivity contribution in [1.29, 1.82) is 0 Å². The summed E-state index contributed by atoms with van der Waals surface area (Å²) in [4.78, 5) is 0. The molecule has 0 amide bonds. The zero-order valence-corrected chi connectivity index (χ0v) is 7.71. The van der Waals surface area contributed by atoms with Gasteiger partial charge in [0.15, 0.2) is 0 Å². The Morgan fingerprint density at radius 2 is 1.33 bits per heavy atom. The van der Waals surface area contributed by atoms with E-state index in [1.807, 2.05) is 0 Å². The van der Waals surface area contributed by atoms with Crippen molar-refractivity contribution in [3.8, 4) is 0 Å². The van der Waals surface area contributed by atoms with E-state index in [1.165, 1.54) is 7.28 Å². The maximum absolute atomic E-state index is 2.29. The Morgan fingerprint density at radius 1 is 1.00 bits per heavy atom. The summed E-state index contributed by atoms with van der Waals surface area (Å²) in [5.41, 5.74) is 0. The molecule has 2 heteroatoms. The molecule has 0 aromatic heterocycles. The van der Waals surface area contributed by atoms with E-state index in [9.17, 15) is 0 Å². The van der Waals surface area contributed by atoms with E-state index in [0.717, 1.165) is 0 Å². The molecule has 0 aromatic carbocycles.